The minimum Gasteiger partial charge on any atom is -0.465 e. The normalized spacial score (nSPS) is 11.4. The lowest BCUT2D eigenvalue weighted by Crippen LogP contribution is -2.23. The molecule has 1 aromatic rings. The molecular weight excluding hydrogens is 224 g/mol. The third-order valence-corrected chi connectivity index (χ3v) is 2.98. The molecule has 18 heavy (non-hydrogen) atoms. The van der Waals surface area contributed by atoms with Gasteiger partial charge in [-0.05, 0) is 19.5 Å². The maximum absolute atomic E-state index is 5.77. The number of rotatable bonds is 8. The Kier molecular flexibility index (Phi) is 6.16. The number of hydrogen-bond donors (Lipinski definition) is 1. The molecule has 0 aliphatic rings. The molecule has 3 nitrogen and oxygen atoms in total. The maximum Gasteiger partial charge on any atom is 0.118 e. The molecule has 1 rings (SSSR count). The van der Waals surface area contributed by atoms with Gasteiger partial charge in [0.15, 0.2) is 0 Å². The number of nitrogens with zero attached hydrogens (tertiary/aromatic N) is 1. The summed E-state index contributed by atoms with van der Waals surface area (Å²) in [5.41, 5.74) is 1.28. The van der Waals surface area contributed by atoms with Crippen molar-refractivity contribution in [2.45, 2.75) is 46.8 Å². The van der Waals surface area contributed by atoms with Crippen molar-refractivity contribution >= 4 is 0 Å². The lowest BCUT2D eigenvalue weighted by atomic mass is 10.2. The van der Waals surface area contributed by atoms with E-state index in [0.717, 1.165) is 37.7 Å². The molecule has 0 spiro atoms. The van der Waals surface area contributed by atoms with E-state index in [1.165, 1.54) is 5.56 Å². The molecule has 3 heteroatoms. The van der Waals surface area contributed by atoms with Crippen molar-refractivity contribution in [3.8, 4) is 0 Å². The van der Waals surface area contributed by atoms with Gasteiger partial charge in [-0.25, -0.2) is 0 Å². The molecular formula is C15H26N2O. The maximum atomic E-state index is 5.77. The first-order valence-corrected chi connectivity index (χ1v) is 6.71. The summed E-state index contributed by atoms with van der Waals surface area (Å²) < 4.78 is 5.77. The molecule has 1 heterocycles. The van der Waals surface area contributed by atoms with E-state index in [0.29, 0.717) is 6.04 Å². The summed E-state index contributed by atoms with van der Waals surface area (Å²) in [5.74, 6) is 2.05. The van der Waals surface area contributed by atoms with Crippen LogP contribution >= 0.6 is 0 Å². The number of hydrogen-bond acceptors (Lipinski definition) is 3. The highest BCUT2D eigenvalue weighted by atomic mass is 16.3. The molecule has 1 aromatic heterocycles. The summed E-state index contributed by atoms with van der Waals surface area (Å²) in [6, 6.07) is 2.64. The van der Waals surface area contributed by atoms with Crippen LogP contribution in [0.1, 0.15) is 37.9 Å². The average molecular weight is 250 g/mol. The zero-order valence-electron chi connectivity index (χ0n) is 12.1. The number of furan rings is 1. The topological polar surface area (TPSA) is 28.4 Å². The molecule has 0 amide bonds. The van der Waals surface area contributed by atoms with Crippen LogP contribution in [0.5, 0.6) is 0 Å². The Balaban J connectivity index is 2.62. The minimum atomic E-state index is 0.478. The first-order chi connectivity index (χ1) is 8.56. The van der Waals surface area contributed by atoms with Gasteiger partial charge in [-0.15, -0.1) is 6.58 Å². The Morgan fingerprint density at radius 2 is 2.22 bits per heavy atom. The second-order valence-corrected chi connectivity index (χ2v) is 4.95. The second kappa shape index (κ2) is 7.39. The molecule has 0 unspecified atom stereocenters. The van der Waals surface area contributed by atoms with Crippen LogP contribution in [0.15, 0.2) is 23.1 Å². The summed E-state index contributed by atoms with van der Waals surface area (Å²) in [6.45, 7) is 15.9. The van der Waals surface area contributed by atoms with Crippen molar-refractivity contribution in [2.24, 2.45) is 0 Å². The number of likely N-dealkylation sites (N-methyl/N-ethyl adjacent to an activating group) is 1. The third-order valence-electron chi connectivity index (χ3n) is 2.98. The van der Waals surface area contributed by atoms with Gasteiger partial charge in [0.25, 0.3) is 0 Å². The lowest BCUT2D eigenvalue weighted by molar-refractivity contribution is 0.308. The molecule has 0 aliphatic heterocycles. The van der Waals surface area contributed by atoms with Crippen molar-refractivity contribution in [2.75, 3.05) is 13.1 Å². The lowest BCUT2D eigenvalue weighted by Gasteiger charge is -2.17. The van der Waals surface area contributed by atoms with Crippen LogP contribution in [0.3, 0.4) is 0 Å². The van der Waals surface area contributed by atoms with Crippen molar-refractivity contribution in [3.05, 3.63) is 35.8 Å². The van der Waals surface area contributed by atoms with Crippen LogP contribution in [-0.4, -0.2) is 24.0 Å². The molecule has 0 aliphatic carbocycles. The molecule has 102 valence electrons. The fourth-order valence-electron chi connectivity index (χ4n) is 1.87. The minimum absolute atomic E-state index is 0.478. The third kappa shape index (κ3) is 4.67. The summed E-state index contributed by atoms with van der Waals surface area (Å²) in [4.78, 5) is 2.34. The van der Waals surface area contributed by atoms with E-state index >= 15 is 0 Å². The Labute approximate surface area is 111 Å². The Hall–Kier alpha value is -1.06. The quantitative estimate of drug-likeness (QED) is 0.719. The van der Waals surface area contributed by atoms with Gasteiger partial charge in [-0.2, -0.15) is 0 Å². The molecule has 1 N–H and O–H groups in total. The van der Waals surface area contributed by atoms with Gasteiger partial charge in [0.1, 0.15) is 11.5 Å². The fourth-order valence-corrected chi connectivity index (χ4v) is 1.87. The van der Waals surface area contributed by atoms with Crippen LogP contribution in [0.4, 0.5) is 0 Å². The molecule has 0 aromatic carbocycles. The zero-order valence-corrected chi connectivity index (χ0v) is 12.1. The highest BCUT2D eigenvalue weighted by molar-refractivity contribution is 5.20. The average Bonchev–Trinajstić information content (AvgIpc) is 2.67. The van der Waals surface area contributed by atoms with E-state index in [1.54, 1.807) is 0 Å². The SMILES string of the molecule is C=CCN(CC)Cc1cc(CNC(C)C)oc1C. The van der Waals surface area contributed by atoms with Crippen LogP contribution in [0.2, 0.25) is 0 Å². The molecule has 0 saturated heterocycles. The van der Waals surface area contributed by atoms with Gasteiger partial charge < -0.3 is 9.73 Å². The van der Waals surface area contributed by atoms with E-state index in [9.17, 15) is 0 Å². The monoisotopic (exact) mass is 250 g/mol. The van der Waals surface area contributed by atoms with Crippen molar-refractivity contribution in [1.82, 2.24) is 10.2 Å². The molecule has 0 saturated carbocycles. The first-order valence-electron chi connectivity index (χ1n) is 6.71. The first kappa shape index (κ1) is 15.0. The molecule has 0 atom stereocenters. The van der Waals surface area contributed by atoms with Gasteiger partial charge >= 0.3 is 0 Å². The largest absolute Gasteiger partial charge is 0.465 e. The second-order valence-electron chi connectivity index (χ2n) is 4.95. The van der Waals surface area contributed by atoms with E-state index < -0.39 is 0 Å². The predicted octanol–water partition coefficient (Wildman–Crippen LogP) is 3.09. The van der Waals surface area contributed by atoms with E-state index in [4.69, 9.17) is 4.42 Å². The molecule has 0 fully saturated rings. The summed E-state index contributed by atoms with van der Waals surface area (Å²) in [5, 5.41) is 3.37. The summed E-state index contributed by atoms with van der Waals surface area (Å²) in [7, 11) is 0. The standard InChI is InChI=1S/C15H26N2O/c1-6-8-17(7-2)11-14-9-15(18-13(14)5)10-16-12(3)4/h6,9,12,16H,1,7-8,10-11H2,2-5H3. The van der Waals surface area contributed by atoms with Gasteiger partial charge in [0.2, 0.25) is 0 Å². The molecule has 0 radical (unpaired) electrons. The number of nitrogens with one attached hydrogen (secondary N) is 1. The zero-order chi connectivity index (χ0) is 13.5. The van der Waals surface area contributed by atoms with Gasteiger partial charge in [0, 0.05) is 24.7 Å². The van der Waals surface area contributed by atoms with Crippen molar-refractivity contribution in [1.29, 1.82) is 0 Å². The fraction of sp³-hybridized carbons (Fsp3) is 0.600. The van der Waals surface area contributed by atoms with E-state index in [1.807, 2.05) is 13.0 Å². The van der Waals surface area contributed by atoms with E-state index in [-0.39, 0.29) is 0 Å². The smallest absolute Gasteiger partial charge is 0.118 e. The Bertz CT molecular complexity index is 369. The van der Waals surface area contributed by atoms with Crippen LogP contribution in [0.25, 0.3) is 0 Å². The van der Waals surface area contributed by atoms with Gasteiger partial charge in [-0.1, -0.05) is 26.8 Å². The highest BCUT2D eigenvalue weighted by Crippen LogP contribution is 2.16. The highest BCUT2D eigenvalue weighted by Gasteiger charge is 2.10. The Morgan fingerprint density at radius 1 is 1.50 bits per heavy atom. The molecule has 0 bridgehead atoms. The van der Waals surface area contributed by atoms with Crippen LogP contribution in [-0.2, 0) is 13.1 Å². The van der Waals surface area contributed by atoms with Gasteiger partial charge in [0.05, 0.1) is 6.54 Å². The van der Waals surface area contributed by atoms with Crippen molar-refractivity contribution in [3.63, 3.8) is 0 Å². The summed E-state index contributed by atoms with van der Waals surface area (Å²) >= 11 is 0. The van der Waals surface area contributed by atoms with Crippen LogP contribution in [0, 0.1) is 6.92 Å². The predicted molar refractivity (Wildman–Crippen MR) is 76.6 cm³/mol. The van der Waals surface area contributed by atoms with Crippen molar-refractivity contribution < 1.29 is 4.42 Å². The Morgan fingerprint density at radius 3 is 2.78 bits per heavy atom. The van der Waals surface area contributed by atoms with Crippen LogP contribution < -0.4 is 5.32 Å². The number of aryl methyl sites for hydroxylation is 1. The van der Waals surface area contributed by atoms with Gasteiger partial charge in [-0.3, -0.25) is 4.90 Å². The summed E-state index contributed by atoms with van der Waals surface area (Å²) in [6.07, 6.45) is 1.94. The van der Waals surface area contributed by atoms with E-state index in [2.05, 4.69) is 43.6 Å².